The molecule has 14 nitrogen and oxygen atoms in total. The fourth-order valence-electron chi connectivity index (χ4n) is 5.15. The maximum atomic E-state index is 12.6. The Morgan fingerprint density at radius 3 is 2.45 bits per heavy atom. The Morgan fingerprint density at radius 1 is 1.05 bits per heavy atom. The van der Waals surface area contributed by atoms with Gasteiger partial charge in [-0.25, -0.2) is 0 Å². The molecule has 0 aliphatic carbocycles. The summed E-state index contributed by atoms with van der Waals surface area (Å²) in [5.74, 6) is -0.465. The zero-order chi connectivity index (χ0) is 30.2. The number of hydrogen-bond acceptors (Lipinski definition) is 14. The molecule has 0 aromatic heterocycles. The number of esters is 1. The van der Waals surface area contributed by atoms with Crippen LogP contribution in [0, 0.1) is 0 Å². The Balaban J connectivity index is 1.31. The Kier molecular flexibility index (Phi) is 8.68. The van der Waals surface area contributed by atoms with E-state index in [1.807, 2.05) is 0 Å². The Hall–Kier alpha value is -3.34. The highest BCUT2D eigenvalue weighted by Crippen LogP contribution is 2.38. The fourth-order valence-corrected chi connectivity index (χ4v) is 5.15. The third-order valence-electron chi connectivity index (χ3n) is 7.43. The number of phenolic OH excluding ortho intramolecular Hbond substituents is 1. The van der Waals surface area contributed by atoms with E-state index in [-0.39, 0.29) is 29.5 Å². The van der Waals surface area contributed by atoms with Crippen LogP contribution in [0.15, 0.2) is 42.5 Å². The lowest BCUT2D eigenvalue weighted by molar-refractivity contribution is -0.319. The van der Waals surface area contributed by atoms with Crippen LogP contribution in [-0.2, 0) is 23.7 Å². The van der Waals surface area contributed by atoms with E-state index in [0.717, 1.165) is 6.92 Å². The predicted molar refractivity (Wildman–Crippen MR) is 137 cm³/mol. The largest absolute Gasteiger partial charge is 0.508 e. The molecular weight excluding hydrogens is 560 g/mol. The summed E-state index contributed by atoms with van der Waals surface area (Å²) in [5.41, 5.74) is -0.791. The first kappa shape index (κ1) is 30.1. The number of benzene rings is 2. The van der Waals surface area contributed by atoms with Crippen LogP contribution in [0.4, 0.5) is 0 Å². The second kappa shape index (κ2) is 12.1. The first-order valence-electron chi connectivity index (χ1n) is 13.2. The van der Waals surface area contributed by atoms with Gasteiger partial charge in [0.05, 0.1) is 31.8 Å². The predicted octanol–water partition coefficient (Wildman–Crippen LogP) is -0.687. The smallest absolute Gasteiger partial charge is 0.303 e. The average molecular weight is 593 g/mol. The van der Waals surface area contributed by atoms with E-state index in [2.05, 4.69) is 0 Å². The van der Waals surface area contributed by atoms with Gasteiger partial charge >= 0.3 is 5.97 Å². The summed E-state index contributed by atoms with van der Waals surface area (Å²) in [6.45, 7) is -0.749. The van der Waals surface area contributed by atoms with Crippen molar-refractivity contribution in [1.29, 1.82) is 0 Å². The third-order valence-corrected chi connectivity index (χ3v) is 7.43. The number of aromatic hydroxyl groups is 1. The summed E-state index contributed by atoms with van der Waals surface area (Å²) in [6.07, 6.45) is -11.1. The molecule has 2 aromatic rings. The molecule has 3 aliphatic heterocycles. The van der Waals surface area contributed by atoms with Gasteiger partial charge < -0.3 is 59.1 Å². The molecule has 3 heterocycles. The van der Waals surface area contributed by atoms with Crippen LogP contribution in [-0.4, -0.2) is 111 Å². The van der Waals surface area contributed by atoms with Crippen molar-refractivity contribution in [3.8, 4) is 17.2 Å². The van der Waals surface area contributed by atoms with E-state index < -0.39 is 80.6 Å². The van der Waals surface area contributed by atoms with Gasteiger partial charge in [-0.05, 0) is 29.8 Å². The summed E-state index contributed by atoms with van der Waals surface area (Å²) in [4.78, 5) is 24.1. The van der Waals surface area contributed by atoms with Gasteiger partial charge in [0.25, 0.3) is 0 Å². The zero-order valence-electron chi connectivity index (χ0n) is 22.4. The van der Waals surface area contributed by atoms with Gasteiger partial charge in [0.1, 0.15) is 47.8 Å². The number of aliphatic hydroxyl groups excluding tert-OH is 5. The second-order valence-corrected chi connectivity index (χ2v) is 10.3. The topological polar surface area (TPSA) is 211 Å². The molecule has 0 saturated carbocycles. The minimum atomic E-state index is -1.81. The highest BCUT2D eigenvalue weighted by atomic mass is 16.8. The van der Waals surface area contributed by atoms with Crippen molar-refractivity contribution >= 4 is 11.8 Å². The minimum Gasteiger partial charge on any atom is -0.508 e. The highest BCUT2D eigenvalue weighted by molar-refractivity contribution is 6.00. The molecule has 42 heavy (non-hydrogen) atoms. The molecule has 3 aliphatic rings. The normalized spacial score (nSPS) is 34.4. The lowest BCUT2D eigenvalue weighted by Crippen LogP contribution is -2.62. The number of rotatable bonds is 8. The molecular formula is C28H32O14. The number of ketones is 1. The molecule has 2 saturated heterocycles. The SMILES string of the molecule is CC(=O)OC1(CO)COC(OC2C(Oc3ccc(C4CC(=O)c5ccc(O)cc5O4)cc3)OC(CO)C(O)C2O)C1O. The molecule has 2 aromatic carbocycles. The lowest BCUT2D eigenvalue weighted by Gasteiger charge is -2.42. The molecule has 9 unspecified atom stereocenters. The van der Waals surface area contributed by atoms with Crippen molar-refractivity contribution in [2.24, 2.45) is 0 Å². The molecule has 0 amide bonds. The molecule has 6 N–H and O–H groups in total. The number of Topliss-reactive ketones (excluding diaryl/α,β-unsaturated/α-hetero) is 1. The summed E-state index contributed by atoms with van der Waals surface area (Å²) in [5, 5.41) is 61.2. The highest BCUT2D eigenvalue weighted by Gasteiger charge is 2.56. The quantitative estimate of drug-likeness (QED) is 0.210. The number of carbonyl (C=O) groups excluding carboxylic acids is 2. The number of phenols is 1. The van der Waals surface area contributed by atoms with E-state index in [9.17, 15) is 40.2 Å². The van der Waals surface area contributed by atoms with Gasteiger partial charge in [-0.1, -0.05) is 12.1 Å². The van der Waals surface area contributed by atoms with Crippen molar-refractivity contribution < 1.29 is 68.6 Å². The minimum absolute atomic E-state index is 0.0346. The number of carbonyl (C=O) groups is 2. The Labute approximate surface area is 239 Å². The van der Waals surface area contributed by atoms with Gasteiger partial charge in [0.15, 0.2) is 23.8 Å². The van der Waals surface area contributed by atoms with Crippen LogP contribution in [0.25, 0.3) is 0 Å². The Bertz CT molecular complexity index is 1280. The van der Waals surface area contributed by atoms with Gasteiger partial charge in [0.2, 0.25) is 6.29 Å². The molecule has 0 bridgehead atoms. The van der Waals surface area contributed by atoms with Crippen molar-refractivity contribution in [1.82, 2.24) is 0 Å². The molecule has 2 fully saturated rings. The molecule has 9 atom stereocenters. The number of ether oxygens (including phenoxy) is 6. The van der Waals surface area contributed by atoms with E-state index in [1.54, 1.807) is 24.3 Å². The van der Waals surface area contributed by atoms with Gasteiger partial charge in [-0.15, -0.1) is 0 Å². The van der Waals surface area contributed by atoms with Crippen molar-refractivity contribution in [2.45, 2.75) is 68.1 Å². The first-order valence-corrected chi connectivity index (χ1v) is 13.2. The van der Waals surface area contributed by atoms with Crippen LogP contribution >= 0.6 is 0 Å². The van der Waals surface area contributed by atoms with E-state index in [0.29, 0.717) is 11.1 Å². The number of fused-ring (bicyclic) bond motifs is 1. The summed E-state index contributed by atoms with van der Waals surface area (Å²) in [6, 6.07) is 10.7. The average Bonchev–Trinajstić information content (AvgIpc) is 3.26. The summed E-state index contributed by atoms with van der Waals surface area (Å²) in [7, 11) is 0. The van der Waals surface area contributed by atoms with E-state index >= 15 is 0 Å². The molecule has 228 valence electrons. The molecule has 0 radical (unpaired) electrons. The van der Waals surface area contributed by atoms with Gasteiger partial charge in [-0.2, -0.15) is 0 Å². The zero-order valence-corrected chi connectivity index (χ0v) is 22.4. The van der Waals surface area contributed by atoms with Crippen LogP contribution in [0.5, 0.6) is 17.2 Å². The van der Waals surface area contributed by atoms with E-state index in [1.165, 1.54) is 18.2 Å². The van der Waals surface area contributed by atoms with E-state index in [4.69, 9.17) is 28.4 Å². The van der Waals surface area contributed by atoms with Gasteiger partial charge in [0, 0.05) is 13.0 Å². The van der Waals surface area contributed by atoms with Crippen LogP contribution in [0.2, 0.25) is 0 Å². The van der Waals surface area contributed by atoms with Gasteiger partial charge in [-0.3, -0.25) is 9.59 Å². The maximum Gasteiger partial charge on any atom is 0.303 e. The van der Waals surface area contributed by atoms with Crippen LogP contribution in [0.1, 0.15) is 35.4 Å². The van der Waals surface area contributed by atoms with Crippen molar-refractivity contribution in [2.75, 3.05) is 19.8 Å². The maximum absolute atomic E-state index is 12.6. The standard InChI is InChI=1S/C28H32O14/c1-13(31)42-28(11-30)12-37-27(25(28)36)41-24-23(35)22(34)21(10-29)40-26(24)38-16-5-2-14(3-6-16)19-9-18(33)17-7-4-15(32)8-20(17)39-19/h2-8,19,21-27,29-30,32,34-36H,9-12H2,1H3. The molecule has 14 heteroatoms. The lowest BCUT2D eigenvalue weighted by atomic mass is 9.96. The summed E-state index contributed by atoms with van der Waals surface area (Å²) >= 11 is 0. The van der Waals surface area contributed by atoms with Crippen molar-refractivity contribution in [3.05, 3.63) is 53.6 Å². The van der Waals surface area contributed by atoms with Crippen molar-refractivity contribution in [3.63, 3.8) is 0 Å². The molecule has 5 rings (SSSR count). The fraction of sp³-hybridized carbons (Fsp3) is 0.500. The summed E-state index contributed by atoms with van der Waals surface area (Å²) < 4.78 is 33.7. The molecule has 0 spiro atoms. The third kappa shape index (κ3) is 5.80. The van der Waals surface area contributed by atoms with Crippen LogP contribution < -0.4 is 9.47 Å². The van der Waals surface area contributed by atoms with Crippen LogP contribution in [0.3, 0.4) is 0 Å². The number of hydrogen-bond donors (Lipinski definition) is 6. The second-order valence-electron chi connectivity index (χ2n) is 10.3. The first-order chi connectivity index (χ1) is 20.0. The monoisotopic (exact) mass is 592 g/mol. The Morgan fingerprint density at radius 2 is 1.79 bits per heavy atom. The number of aliphatic hydroxyl groups is 5.